The molecule has 2 aromatic rings. The number of non-ortho nitro benzene ring substituents is 1. The van der Waals surface area contributed by atoms with Gasteiger partial charge in [-0.05, 0) is 18.2 Å². The van der Waals surface area contributed by atoms with E-state index in [0.29, 0.717) is 16.9 Å². The normalized spacial score (nSPS) is 9.30. The van der Waals surface area contributed by atoms with Crippen molar-refractivity contribution < 1.29 is 4.92 Å². The number of anilines is 2. The number of nitro groups is 1. The fraction of sp³-hybridized carbons (Fsp3) is 0. The molecule has 0 aliphatic rings. The van der Waals surface area contributed by atoms with Gasteiger partial charge in [0, 0.05) is 12.1 Å². The Kier molecular flexibility index (Phi) is 3.60. The van der Waals surface area contributed by atoms with Crippen LogP contribution >= 0.6 is 0 Å². The smallest absolute Gasteiger partial charge is 0.270 e. The molecule has 0 spiro atoms. The van der Waals surface area contributed by atoms with Crippen LogP contribution in [0.4, 0.5) is 17.1 Å². The Morgan fingerprint density at radius 3 is 2.30 bits per heavy atom. The molecule has 0 bridgehead atoms. The first-order chi connectivity index (χ1) is 9.65. The average molecular weight is 264 g/mol. The predicted molar refractivity (Wildman–Crippen MR) is 72.3 cm³/mol. The zero-order chi connectivity index (χ0) is 14.5. The number of nitrogens with zero attached hydrogens (tertiary/aromatic N) is 3. The monoisotopic (exact) mass is 264 g/mol. The van der Waals surface area contributed by atoms with Crippen LogP contribution in [0.25, 0.3) is 0 Å². The van der Waals surface area contributed by atoms with Gasteiger partial charge in [0.15, 0.2) is 0 Å². The van der Waals surface area contributed by atoms with Gasteiger partial charge in [0.05, 0.1) is 27.4 Å². The van der Waals surface area contributed by atoms with Crippen LogP contribution in [-0.2, 0) is 0 Å². The molecule has 0 unspecified atom stereocenters. The first kappa shape index (κ1) is 13.1. The van der Waals surface area contributed by atoms with Crippen LogP contribution in [0, 0.1) is 32.8 Å². The van der Waals surface area contributed by atoms with Gasteiger partial charge in [0.1, 0.15) is 12.1 Å². The highest BCUT2D eigenvalue weighted by Crippen LogP contribution is 2.26. The lowest BCUT2D eigenvalue weighted by Crippen LogP contribution is -1.97. The number of para-hydroxylation sites is 1. The summed E-state index contributed by atoms with van der Waals surface area (Å²) in [5.41, 5.74) is 1.38. The molecule has 0 amide bonds. The Morgan fingerprint density at radius 1 is 1.00 bits per heavy atom. The third kappa shape index (κ3) is 2.55. The summed E-state index contributed by atoms with van der Waals surface area (Å²) in [6.45, 7) is 0. The Bertz CT molecular complexity index is 756. The fourth-order valence-electron chi connectivity index (χ4n) is 1.68. The van der Waals surface area contributed by atoms with Gasteiger partial charge in [-0.1, -0.05) is 12.1 Å². The minimum absolute atomic E-state index is 0.145. The number of hydrogen-bond donors (Lipinski definition) is 1. The molecule has 6 nitrogen and oxygen atoms in total. The van der Waals surface area contributed by atoms with Gasteiger partial charge in [-0.3, -0.25) is 10.1 Å². The first-order valence-electron chi connectivity index (χ1n) is 5.60. The van der Waals surface area contributed by atoms with E-state index in [1.807, 2.05) is 12.1 Å². The third-order valence-electron chi connectivity index (χ3n) is 2.65. The van der Waals surface area contributed by atoms with Crippen LogP contribution < -0.4 is 5.32 Å². The first-order valence-corrected chi connectivity index (χ1v) is 5.60. The van der Waals surface area contributed by atoms with Crippen molar-refractivity contribution >= 4 is 17.1 Å². The quantitative estimate of drug-likeness (QED) is 0.677. The summed E-state index contributed by atoms with van der Waals surface area (Å²) in [5.74, 6) is 0. The van der Waals surface area contributed by atoms with Crippen LogP contribution in [0.5, 0.6) is 0 Å². The van der Waals surface area contributed by atoms with Gasteiger partial charge in [0.25, 0.3) is 5.69 Å². The molecule has 0 aliphatic carbocycles. The molecule has 1 N–H and O–H groups in total. The third-order valence-corrected chi connectivity index (χ3v) is 2.65. The maximum Gasteiger partial charge on any atom is 0.270 e. The van der Waals surface area contributed by atoms with Gasteiger partial charge < -0.3 is 5.32 Å². The molecule has 0 saturated heterocycles. The highest BCUT2D eigenvalue weighted by molar-refractivity contribution is 5.71. The summed E-state index contributed by atoms with van der Waals surface area (Å²) >= 11 is 0. The van der Waals surface area contributed by atoms with Crippen LogP contribution in [-0.4, -0.2) is 4.92 Å². The van der Waals surface area contributed by atoms with Crippen LogP contribution in [0.3, 0.4) is 0 Å². The Morgan fingerprint density at radius 2 is 1.65 bits per heavy atom. The zero-order valence-electron chi connectivity index (χ0n) is 10.2. The molecule has 0 aromatic heterocycles. The van der Waals surface area contributed by atoms with Crippen molar-refractivity contribution in [3.8, 4) is 12.1 Å². The largest absolute Gasteiger partial charge is 0.353 e. The van der Waals surface area contributed by atoms with Crippen molar-refractivity contribution in [3.63, 3.8) is 0 Å². The van der Waals surface area contributed by atoms with Gasteiger partial charge in [-0.25, -0.2) is 0 Å². The van der Waals surface area contributed by atoms with Crippen molar-refractivity contribution in [3.05, 3.63) is 63.7 Å². The molecule has 0 atom stereocenters. The highest BCUT2D eigenvalue weighted by Gasteiger charge is 2.11. The molecule has 0 aliphatic heterocycles. The number of nitrogens with one attached hydrogen (secondary N) is 1. The molecule has 96 valence electrons. The molecule has 0 saturated carbocycles. The van der Waals surface area contributed by atoms with Crippen molar-refractivity contribution in [2.75, 3.05) is 5.32 Å². The molecule has 2 aromatic carbocycles. The Labute approximate surface area is 114 Å². The van der Waals surface area contributed by atoms with Crippen LogP contribution in [0.2, 0.25) is 0 Å². The summed E-state index contributed by atoms with van der Waals surface area (Å²) in [7, 11) is 0. The average Bonchev–Trinajstić information content (AvgIpc) is 2.48. The minimum atomic E-state index is -0.562. The Balaban J connectivity index is 2.42. The van der Waals surface area contributed by atoms with Crippen molar-refractivity contribution in [1.82, 2.24) is 0 Å². The molecule has 6 heteroatoms. The lowest BCUT2D eigenvalue weighted by atomic mass is 10.1. The van der Waals surface area contributed by atoms with E-state index < -0.39 is 4.92 Å². The fourth-order valence-corrected chi connectivity index (χ4v) is 1.68. The second-order valence-electron chi connectivity index (χ2n) is 3.88. The number of rotatable bonds is 3. The number of nitriles is 2. The number of hydrogen-bond acceptors (Lipinski definition) is 5. The lowest BCUT2D eigenvalue weighted by molar-refractivity contribution is -0.384. The number of benzene rings is 2. The second kappa shape index (κ2) is 5.51. The summed E-state index contributed by atoms with van der Waals surface area (Å²) in [6, 6.07) is 14.7. The van der Waals surface area contributed by atoms with E-state index in [0.717, 1.165) is 0 Å². The molecular weight excluding hydrogens is 256 g/mol. The number of nitro benzene ring substituents is 1. The van der Waals surface area contributed by atoms with E-state index in [4.69, 9.17) is 10.5 Å². The van der Waals surface area contributed by atoms with E-state index in [-0.39, 0.29) is 11.3 Å². The second-order valence-corrected chi connectivity index (χ2v) is 3.88. The summed E-state index contributed by atoms with van der Waals surface area (Å²) in [6.07, 6.45) is 0. The summed E-state index contributed by atoms with van der Waals surface area (Å²) in [4.78, 5) is 10.1. The van der Waals surface area contributed by atoms with Crippen molar-refractivity contribution in [1.29, 1.82) is 10.5 Å². The van der Waals surface area contributed by atoms with Crippen LogP contribution in [0.15, 0.2) is 42.5 Å². The highest BCUT2D eigenvalue weighted by atomic mass is 16.6. The van der Waals surface area contributed by atoms with Crippen molar-refractivity contribution in [2.24, 2.45) is 0 Å². The van der Waals surface area contributed by atoms with Gasteiger partial charge in [-0.2, -0.15) is 10.5 Å². The minimum Gasteiger partial charge on any atom is -0.353 e. The van der Waals surface area contributed by atoms with E-state index >= 15 is 0 Å². The van der Waals surface area contributed by atoms with Gasteiger partial charge in [-0.15, -0.1) is 0 Å². The van der Waals surface area contributed by atoms with E-state index in [9.17, 15) is 10.1 Å². The Hall–Kier alpha value is -3.38. The molecule has 0 radical (unpaired) electrons. The van der Waals surface area contributed by atoms with Crippen molar-refractivity contribution in [2.45, 2.75) is 0 Å². The topological polar surface area (TPSA) is 103 Å². The van der Waals surface area contributed by atoms with Gasteiger partial charge >= 0.3 is 0 Å². The predicted octanol–water partition coefficient (Wildman–Crippen LogP) is 3.08. The SMILES string of the molecule is N#Cc1ccccc1Nc1ccc([N+](=O)[O-])cc1C#N. The molecule has 0 fully saturated rings. The molecule has 2 rings (SSSR count). The summed E-state index contributed by atoms with van der Waals surface area (Å²) in [5, 5.41) is 31.7. The maximum atomic E-state index is 10.7. The van der Waals surface area contributed by atoms with E-state index in [1.165, 1.54) is 18.2 Å². The zero-order valence-corrected chi connectivity index (χ0v) is 10.2. The van der Waals surface area contributed by atoms with E-state index in [1.54, 1.807) is 24.3 Å². The summed E-state index contributed by atoms with van der Waals surface area (Å²) < 4.78 is 0. The maximum absolute atomic E-state index is 10.7. The molecule has 0 heterocycles. The molecular formula is C14H8N4O2. The van der Waals surface area contributed by atoms with Crippen LogP contribution in [0.1, 0.15) is 11.1 Å². The van der Waals surface area contributed by atoms with E-state index in [2.05, 4.69) is 5.32 Å². The standard InChI is InChI=1S/C14H8N4O2/c15-8-10-3-1-2-4-13(10)17-14-6-5-12(18(19)20)7-11(14)9-16/h1-7,17H. The van der Waals surface area contributed by atoms with Gasteiger partial charge in [0.2, 0.25) is 0 Å². The molecule has 20 heavy (non-hydrogen) atoms. The lowest BCUT2D eigenvalue weighted by Gasteiger charge is -2.09.